The summed E-state index contributed by atoms with van der Waals surface area (Å²) in [6.07, 6.45) is 0. The van der Waals surface area contributed by atoms with Crippen LogP contribution in [0, 0.1) is 15.0 Å². The predicted octanol–water partition coefficient (Wildman–Crippen LogP) is 1.41. The summed E-state index contributed by atoms with van der Waals surface area (Å²) in [6.45, 7) is 0. The summed E-state index contributed by atoms with van der Waals surface area (Å²) >= 11 is 0. The van der Waals surface area contributed by atoms with Crippen LogP contribution in [0.2, 0.25) is 0 Å². The molecule has 0 aliphatic rings. The molecule has 0 aliphatic carbocycles. The Morgan fingerprint density at radius 3 is 2.62 bits per heavy atom. The van der Waals surface area contributed by atoms with Gasteiger partial charge in [-0.25, -0.2) is 9.80 Å². The molecule has 0 amide bonds. The van der Waals surface area contributed by atoms with Crippen molar-refractivity contribution >= 4 is 17.3 Å². The van der Waals surface area contributed by atoms with Crippen molar-refractivity contribution in [2.75, 3.05) is 12.1 Å². The van der Waals surface area contributed by atoms with Crippen molar-refractivity contribution in [2.45, 2.75) is 0 Å². The second kappa shape index (κ2) is 4.34. The smallest absolute Gasteiger partial charge is 0.335 e. The van der Waals surface area contributed by atoms with Gasteiger partial charge in [0, 0.05) is 13.1 Å². The van der Waals surface area contributed by atoms with E-state index in [1.165, 1.54) is 7.05 Å². The number of carboxylic acids is 1. The van der Waals surface area contributed by atoms with E-state index in [1.807, 2.05) is 0 Å². The van der Waals surface area contributed by atoms with Crippen molar-refractivity contribution in [1.82, 2.24) is 0 Å². The fourth-order valence-electron chi connectivity index (χ4n) is 1.12. The Hall–Kier alpha value is -2.51. The van der Waals surface area contributed by atoms with Crippen molar-refractivity contribution in [3.63, 3.8) is 0 Å². The molecule has 1 rings (SSSR count). The monoisotopic (exact) mass is 225 g/mol. The second-order valence-corrected chi connectivity index (χ2v) is 2.87. The van der Waals surface area contributed by atoms with E-state index in [2.05, 4.69) is 5.29 Å². The minimum Gasteiger partial charge on any atom is -0.478 e. The Morgan fingerprint density at radius 1 is 1.56 bits per heavy atom. The van der Waals surface area contributed by atoms with Crippen LogP contribution in [0.1, 0.15) is 10.4 Å². The highest BCUT2D eigenvalue weighted by molar-refractivity contribution is 5.89. The summed E-state index contributed by atoms with van der Waals surface area (Å²) < 4.78 is 0. The fraction of sp³-hybridized carbons (Fsp3) is 0.125. The molecule has 0 bridgehead atoms. The second-order valence-electron chi connectivity index (χ2n) is 2.87. The van der Waals surface area contributed by atoms with Crippen LogP contribution in [0.15, 0.2) is 23.5 Å². The minimum atomic E-state index is -1.28. The number of nitroso groups, excluding NO2 is 1. The van der Waals surface area contributed by atoms with E-state index in [0.29, 0.717) is 0 Å². The number of hydrogen-bond donors (Lipinski definition) is 1. The van der Waals surface area contributed by atoms with Gasteiger partial charge >= 0.3 is 5.97 Å². The standard InChI is InChI=1S/C8H7N3O5/c1-10(9-14)6-3-2-5(8(12)13)4-7(6)11(15)16/h2-4H,1H3,(H,12,13). The lowest BCUT2D eigenvalue weighted by Crippen LogP contribution is -2.10. The minimum absolute atomic E-state index is 0.0648. The van der Waals surface area contributed by atoms with E-state index in [-0.39, 0.29) is 11.3 Å². The van der Waals surface area contributed by atoms with Crippen LogP contribution in [0.3, 0.4) is 0 Å². The zero-order valence-corrected chi connectivity index (χ0v) is 8.15. The van der Waals surface area contributed by atoms with Crippen LogP contribution < -0.4 is 5.01 Å². The van der Waals surface area contributed by atoms with Crippen molar-refractivity contribution in [2.24, 2.45) is 5.29 Å². The number of nitro groups is 1. The van der Waals surface area contributed by atoms with Gasteiger partial charge in [0.1, 0.15) is 5.69 Å². The number of carbonyl (C=O) groups is 1. The number of rotatable bonds is 4. The van der Waals surface area contributed by atoms with Crippen molar-refractivity contribution in [3.8, 4) is 0 Å². The summed E-state index contributed by atoms with van der Waals surface area (Å²) in [6, 6.07) is 3.19. The molecule has 84 valence electrons. The van der Waals surface area contributed by atoms with Gasteiger partial charge in [-0.05, 0) is 12.1 Å². The summed E-state index contributed by atoms with van der Waals surface area (Å²) in [7, 11) is 1.23. The van der Waals surface area contributed by atoms with Crippen molar-refractivity contribution in [3.05, 3.63) is 38.8 Å². The Labute approximate surface area is 89.2 Å². The van der Waals surface area contributed by atoms with E-state index in [4.69, 9.17) is 5.11 Å². The fourth-order valence-corrected chi connectivity index (χ4v) is 1.12. The Kier molecular flexibility index (Phi) is 3.14. The van der Waals surface area contributed by atoms with Gasteiger partial charge in [-0.15, -0.1) is 4.91 Å². The first-order chi connectivity index (χ1) is 7.47. The SMILES string of the molecule is CN(N=O)c1ccc(C(=O)O)cc1[N+](=O)[O-]. The number of anilines is 1. The van der Waals surface area contributed by atoms with Gasteiger partial charge in [0.15, 0.2) is 0 Å². The summed E-state index contributed by atoms with van der Waals surface area (Å²) in [5.41, 5.74) is -0.776. The lowest BCUT2D eigenvalue weighted by molar-refractivity contribution is -0.384. The van der Waals surface area contributed by atoms with Crippen LogP contribution in [0.5, 0.6) is 0 Å². The van der Waals surface area contributed by atoms with Crippen molar-refractivity contribution < 1.29 is 14.8 Å². The Bertz CT molecular complexity index is 459. The van der Waals surface area contributed by atoms with E-state index in [0.717, 1.165) is 23.2 Å². The number of aromatic carboxylic acids is 1. The summed E-state index contributed by atoms with van der Waals surface area (Å²) in [4.78, 5) is 30.7. The molecule has 8 heteroatoms. The van der Waals surface area contributed by atoms with Crippen LogP contribution >= 0.6 is 0 Å². The normalized spacial score (nSPS) is 9.56. The molecule has 8 nitrogen and oxygen atoms in total. The lowest BCUT2D eigenvalue weighted by atomic mass is 10.1. The third-order valence-corrected chi connectivity index (χ3v) is 1.89. The van der Waals surface area contributed by atoms with Gasteiger partial charge in [0.05, 0.1) is 15.8 Å². The van der Waals surface area contributed by atoms with Crippen LogP contribution in [-0.4, -0.2) is 23.0 Å². The van der Waals surface area contributed by atoms with Crippen LogP contribution in [0.4, 0.5) is 11.4 Å². The highest BCUT2D eigenvalue weighted by atomic mass is 16.6. The molecule has 0 atom stereocenters. The average molecular weight is 225 g/mol. The lowest BCUT2D eigenvalue weighted by Gasteiger charge is -2.08. The van der Waals surface area contributed by atoms with Gasteiger partial charge in [-0.2, -0.15) is 0 Å². The first-order valence-electron chi connectivity index (χ1n) is 4.06. The molecule has 1 N–H and O–H groups in total. The first-order valence-corrected chi connectivity index (χ1v) is 4.06. The van der Waals surface area contributed by atoms with Crippen LogP contribution in [0.25, 0.3) is 0 Å². The molecule has 0 saturated carbocycles. The molecule has 0 saturated heterocycles. The van der Waals surface area contributed by atoms with Crippen LogP contribution in [-0.2, 0) is 0 Å². The number of hydrogen-bond acceptors (Lipinski definition) is 5. The molecule has 0 heterocycles. The molecular weight excluding hydrogens is 218 g/mol. The number of nitro benzene ring substituents is 1. The molecule has 0 radical (unpaired) electrons. The van der Waals surface area contributed by atoms with E-state index < -0.39 is 16.6 Å². The predicted molar refractivity (Wildman–Crippen MR) is 54.3 cm³/mol. The molecule has 0 unspecified atom stereocenters. The maximum atomic E-state index is 10.7. The third kappa shape index (κ3) is 2.11. The molecule has 0 aliphatic heterocycles. The summed E-state index contributed by atoms with van der Waals surface area (Å²) in [5.74, 6) is -1.28. The van der Waals surface area contributed by atoms with Crippen molar-refractivity contribution in [1.29, 1.82) is 0 Å². The topological polar surface area (TPSA) is 113 Å². The number of benzene rings is 1. The Morgan fingerprint density at radius 2 is 2.19 bits per heavy atom. The number of nitrogens with zero attached hydrogens (tertiary/aromatic N) is 3. The maximum Gasteiger partial charge on any atom is 0.335 e. The molecule has 1 aromatic rings. The number of carboxylic acid groups (broad SMARTS) is 1. The van der Waals surface area contributed by atoms with Gasteiger partial charge in [-0.1, -0.05) is 0 Å². The third-order valence-electron chi connectivity index (χ3n) is 1.89. The van der Waals surface area contributed by atoms with Gasteiger partial charge < -0.3 is 5.11 Å². The molecule has 0 fully saturated rings. The van der Waals surface area contributed by atoms with Gasteiger partial charge in [-0.3, -0.25) is 10.1 Å². The summed E-state index contributed by atoms with van der Waals surface area (Å²) in [5, 5.41) is 22.6. The largest absolute Gasteiger partial charge is 0.478 e. The molecular formula is C8H7N3O5. The zero-order valence-electron chi connectivity index (χ0n) is 8.15. The van der Waals surface area contributed by atoms with Gasteiger partial charge in [0.25, 0.3) is 5.69 Å². The van der Waals surface area contributed by atoms with Gasteiger partial charge in [0.2, 0.25) is 0 Å². The highest BCUT2D eigenvalue weighted by Gasteiger charge is 2.20. The van der Waals surface area contributed by atoms with E-state index in [9.17, 15) is 19.8 Å². The zero-order chi connectivity index (χ0) is 12.3. The molecule has 0 aromatic heterocycles. The maximum absolute atomic E-state index is 10.7. The first kappa shape index (κ1) is 11.6. The highest BCUT2D eigenvalue weighted by Crippen LogP contribution is 2.28. The van der Waals surface area contributed by atoms with E-state index >= 15 is 0 Å². The quantitative estimate of drug-likeness (QED) is 0.470. The average Bonchev–Trinajstić information content (AvgIpc) is 2.26. The molecule has 16 heavy (non-hydrogen) atoms. The molecule has 1 aromatic carbocycles. The Balaban J connectivity index is 3.35. The van der Waals surface area contributed by atoms with E-state index in [1.54, 1.807) is 0 Å². The molecule has 0 spiro atoms.